The number of thioether (sulfide) groups is 1. The van der Waals surface area contributed by atoms with Crippen LogP contribution in [-0.2, 0) is 16.1 Å². The van der Waals surface area contributed by atoms with Gasteiger partial charge in [0, 0.05) is 18.5 Å². The molecule has 3 rings (SSSR count). The average Bonchev–Trinajstić information content (AvgIpc) is 2.58. The second-order valence-electron chi connectivity index (χ2n) is 5.78. The number of carbonyl (C=O) groups excluding carboxylic acids is 2. The number of amides is 2. The van der Waals surface area contributed by atoms with Gasteiger partial charge in [-0.25, -0.2) is 4.39 Å². The van der Waals surface area contributed by atoms with E-state index >= 15 is 0 Å². The summed E-state index contributed by atoms with van der Waals surface area (Å²) in [5.41, 5.74) is 1.44. The van der Waals surface area contributed by atoms with Gasteiger partial charge in [0.05, 0.1) is 5.69 Å². The van der Waals surface area contributed by atoms with Gasteiger partial charge in [0.2, 0.25) is 5.91 Å². The number of hydrogen-bond acceptors (Lipinski definition) is 3. The van der Waals surface area contributed by atoms with E-state index in [2.05, 4.69) is 5.32 Å². The van der Waals surface area contributed by atoms with E-state index in [0.29, 0.717) is 5.56 Å². The van der Waals surface area contributed by atoms with Gasteiger partial charge in [-0.2, -0.15) is 0 Å². The molecule has 2 aromatic rings. The molecule has 6 heteroatoms. The summed E-state index contributed by atoms with van der Waals surface area (Å²) in [6.07, 6.45) is 0. The molecule has 0 radical (unpaired) electrons. The molecule has 2 amide bonds. The van der Waals surface area contributed by atoms with E-state index in [1.54, 1.807) is 26.1 Å². The van der Waals surface area contributed by atoms with Crippen molar-refractivity contribution < 1.29 is 14.0 Å². The lowest BCUT2D eigenvalue weighted by molar-refractivity contribution is -0.131. The summed E-state index contributed by atoms with van der Waals surface area (Å²) in [7, 11) is 1.67. The van der Waals surface area contributed by atoms with Gasteiger partial charge in [0.25, 0.3) is 5.91 Å². The molecule has 0 aliphatic carbocycles. The number of para-hydroxylation sites is 1. The van der Waals surface area contributed by atoms with Gasteiger partial charge >= 0.3 is 0 Å². The number of halogens is 1. The predicted octanol–water partition coefficient (Wildman–Crippen LogP) is 2.97. The van der Waals surface area contributed by atoms with Crippen LogP contribution < -0.4 is 10.2 Å². The molecule has 1 aliphatic heterocycles. The minimum absolute atomic E-state index is 0.172. The molecule has 24 heavy (non-hydrogen) atoms. The van der Waals surface area contributed by atoms with Crippen LogP contribution in [0.3, 0.4) is 0 Å². The molecule has 4 nitrogen and oxygen atoms in total. The van der Waals surface area contributed by atoms with Gasteiger partial charge < -0.3 is 10.2 Å². The smallest absolute Gasteiger partial charge is 0.252 e. The van der Waals surface area contributed by atoms with Crippen LogP contribution in [-0.4, -0.2) is 23.6 Å². The Morgan fingerprint density at radius 1 is 1.25 bits per heavy atom. The van der Waals surface area contributed by atoms with E-state index in [9.17, 15) is 14.0 Å². The SMILES string of the molecule is CN1C(=O)C(C)(C(=O)NCc2cccc(F)c2)Sc2ccccc21. The van der Waals surface area contributed by atoms with Crippen LogP contribution in [0.15, 0.2) is 53.4 Å². The number of rotatable bonds is 3. The normalized spacial score (nSPS) is 19.8. The predicted molar refractivity (Wildman–Crippen MR) is 92.4 cm³/mol. The highest BCUT2D eigenvalue weighted by molar-refractivity contribution is 8.02. The molecule has 1 aliphatic rings. The van der Waals surface area contributed by atoms with Gasteiger partial charge in [0.1, 0.15) is 5.82 Å². The third kappa shape index (κ3) is 2.89. The quantitative estimate of drug-likeness (QED) is 0.871. The Morgan fingerprint density at radius 3 is 2.75 bits per heavy atom. The highest BCUT2D eigenvalue weighted by Gasteiger charge is 2.48. The fraction of sp³-hybridized carbons (Fsp3) is 0.222. The Bertz CT molecular complexity index is 811. The van der Waals surface area contributed by atoms with Crippen LogP contribution in [0.4, 0.5) is 10.1 Å². The molecule has 0 saturated carbocycles. The molecule has 0 aromatic heterocycles. The molecule has 0 fully saturated rings. The van der Waals surface area contributed by atoms with Crippen molar-refractivity contribution in [3.63, 3.8) is 0 Å². The lowest BCUT2D eigenvalue weighted by atomic mass is 10.1. The van der Waals surface area contributed by atoms with Crippen molar-refractivity contribution >= 4 is 29.3 Å². The molecular weight excluding hydrogens is 327 g/mol. The van der Waals surface area contributed by atoms with Crippen molar-refractivity contribution in [1.82, 2.24) is 5.32 Å². The molecule has 1 N–H and O–H groups in total. The summed E-state index contributed by atoms with van der Waals surface area (Å²) in [5.74, 6) is -1.02. The maximum Gasteiger partial charge on any atom is 0.252 e. The lowest BCUT2D eigenvalue weighted by Gasteiger charge is -2.36. The van der Waals surface area contributed by atoms with E-state index in [1.807, 2.05) is 24.3 Å². The first-order chi connectivity index (χ1) is 11.4. The number of hydrogen-bond donors (Lipinski definition) is 1. The molecule has 1 unspecified atom stereocenters. The maximum absolute atomic E-state index is 13.2. The first-order valence-corrected chi connectivity index (χ1v) is 8.32. The van der Waals surface area contributed by atoms with Gasteiger partial charge in [-0.3, -0.25) is 9.59 Å². The second kappa shape index (κ2) is 6.28. The summed E-state index contributed by atoms with van der Waals surface area (Å²) < 4.78 is 12.0. The van der Waals surface area contributed by atoms with Crippen molar-refractivity contribution in [1.29, 1.82) is 0 Å². The minimum atomic E-state index is -1.25. The zero-order valence-electron chi connectivity index (χ0n) is 13.4. The summed E-state index contributed by atoms with van der Waals surface area (Å²) >= 11 is 1.24. The zero-order valence-corrected chi connectivity index (χ0v) is 14.2. The average molecular weight is 344 g/mol. The second-order valence-corrected chi connectivity index (χ2v) is 7.24. The molecule has 2 aromatic carbocycles. The fourth-order valence-corrected chi connectivity index (χ4v) is 3.94. The third-order valence-electron chi connectivity index (χ3n) is 4.03. The minimum Gasteiger partial charge on any atom is -0.350 e. The van der Waals surface area contributed by atoms with Crippen LogP contribution in [0, 0.1) is 5.82 Å². The van der Waals surface area contributed by atoms with Crippen molar-refractivity contribution in [2.45, 2.75) is 23.1 Å². The van der Waals surface area contributed by atoms with Crippen molar-refractivity contribution in [3.05, 3.63) is 59.9 Å². The molecule has 124 valence electrons. The third-order valence-corrected chi connectivity index (χ3v) is 5.36. The molecular formula is C18H17FN2O2S. The summed E-state index contributed by atoms with van der Waals surface area (Å²) in [5, 5.41) is 2.74. The molecule has 1 atom stereocenters. The number of benzene rings is 2. The van der Waals surface area contributed by atoms with Crippen molar-refractivity contribution in [2.75, 3.05) is 11.9 Å². The Hall–Kier alpha value is -2.34. The van der Waals surface area contributed by atoms with Crippen LogP contribution >= 0.6 is 11.8 Å². The summed E-state index contributed by atoms with van der Waals surface area (Å²) in [4.78, 5) is 27.8. The van der Waals surface area contributed by atoms with E-state index in [0.717, 1.165) is 10.6 Å². The highest BCUT2D eigenvalue weighted by Crippen LogP contribution is 2.44. The first-order valence-electron chi connectivity index (χ1n) is 7.51. The molecule has 0 spiro atoms. The topological polar surface area (TPSA) is 49.4 Å². The standard InChI is InChI=1S/C18H17FN2O2S/c1-18(16(22)20-11-12-6-5-7-13(19)10-12)17(23)21(2)14-8-3-4-9-15(14)24-18/h3-10H,11H2,1-2H3,(H,20,22). The number of carbonyl (C=O) groups is 2. The number of anilines is 1. The molecule has 0 bridgehead atoms. The van der Waals surface area contributed by atoms with E-state index in [-0.39, 0.29) is 24.2 Å². The van der Waals surface area contributed by atoms with Gasteiger partial charge in [-0.1, -0.05) is 36.0 Å². The van der Waals surface area contributed by atoms with Crippen LogP contribution in [0.25, 0.3) is 0 Å². The highest BCUT2D eigenvalue weighted by atomic mass is 32.2. The van der Waals surface area contributed by atoms with Crippen LogP contribution in [0.1, 0.15) is 12.5 Å². The number of nitrogens with zero attached hydrogens (tertiary/aromatic N) is 1. The van der Waals surface area contributed by atoms with E-state index in [1.165, 1.54) is 28.8 Å². The van der Waals surface area contributed by atoms with E-state index in [4.69, 9.17) is 0 Å². The van der Waals surface area contributed by atoms with Gasteiger partial charge in [-0.05, 0) is 36.8 Å². The number of nitrogens with one attached hydrogen (secondary N) is 1. The van der Waals surface area contributed by atoms with Crippen molar-refractivity contribution in [2.24, 2.45) is 0 Å². The fourth-order valence-electron chi connectivity index (χ4n) is 2.65. The van der Waals surface area contributed by atoms with Crippen LogP contribution in [0.5, 0.6) is 0 Å². The summed E-state index contributed by atoms with van der Waals surface area (Å²) in [6.45, 7) is 1.79. The van der Waals surface area contributed by atoms with Gasteiger partial charge in [-0.15, -0.1) is 0 Å². The Kier molecular flexibility index (Phi) is 4.32. The Balaban J connectivity index is 1.80. The largest absolute Gasteiger partial charge is 0.350 e. The van der Waals surface area contributed by atoms with Gasteiger partial charge in [0.15, 0.2) is 4.75 Å². The van der Waals surface area contributed by atoms with Crippen LogP contribution in [0.2, 0.25) is 0 Å². The Morgan fingerprint density at radius 2 is 2.00 bits per heavy atom. The summed E-state index contributed by atoms with van der Waals surface area (Å²) in [6, 6.07) is 13.5. The Labute approximate surface area is 144 Å². The monoisotopic (exact) mass is 344 g/mol. The van der Waals surface area contributed by atoms with E-state index < -0.39 is 4.75 Å². The zero-order chi connectivity index (χ0) is 17.3. The lowest BCUT2D eigenvalue weighted by Crippen LogP contribution is -2.55. The first kappa shape index (κ1) is 16.5. The maximum atomic E-state index is 13.2. The van der Waals surface area contributed by atoms with Crippen molar-refractivity contribution in [3.8, 4) is 0 Å². The molecule has 1 heterocycles. The number of fused-ring (bicyclic) bond motifs is 1. The molecule has 0 saturated heterocycles.